The first-order chi connectivity index (χ1) is 5.70. The van der Waals surface area contributed by atoms with E-state index in [0.717, 1.165) is 5.56 Å². The molecule has 0 saturated heterocycles. The Morgan fingerprint density at radius 3 is 2.42 bits per heavy atom. The highest BCUT2D eigenvalue weighted by atomic mass is 32.1. The molecular formula is C9H10N2S. The molecule has 1 rings (SSSR count). The van der Waals surface area contributed by atoms with Crippen LogP contribution in [-0.2, 0) is 0 Å². The summed E-state index contributed by atoms with van der Waals surface area (Å²) >= 11 is 4.00. The van der Waals surface area contributed by atoms with Crippen molar-refractivity contribution in [1.29, 1.82) is 5.41 Å². The van der Waals surface area contributed by atoms with Gasteiger partial charge in [0.25, 0.3) is 0 Å². The lowest BCUT2D eigenvalue weighted by molar-refractivity contribution is 1.42. The van der Waals surface area contributed by atoms with Gasteiger partial charge in [-0.05, 0) is 6.92 Å². The third-order valence-corrected chi connectivity index (χ3v) is 1.42. The molecule has 62 valence electrons. The lowest BCUT2D eigenvalue weighted by Crippen LogP contribution is -1.95. The van der Waals surface area contributed by atoms with E-state index < -0.39 is 0 Å². The first kappa shape index (κ1) is 9.00. The van der Waals surface area contributed by atoms with Crippen LogP contribution in [0.5, 0.6) is 0 Å². The van der Waals surface area contributed by atoms with Crippen molar-refractivity contribution in [2.24, 2.45) is 4.99 Å². The van der Waals surface area contributed by atoms with E-state index in [2.05, 4.69) is 17.6 Å². The number of aliphatic imine (C=N–C) groups is 1. The lowest BCUT2D eigenvalue weighted by Gasteiger charge is -1.96. The van der Waals surface area contributed by atoms with Crippen molar-refractivity contribution in [2.45, 2.75) is 6.92 Å². The average molecular weight is 178 g/mol. The van der Waals surface area contributed by atoms with E-state index in [1.54, 1.807) is 6.92 Å². The number of thiol groups is 1. The fourth-order valence-corrected chi connectivity index (χ4v) is 0.922. The molecule has 0 radical (unpaired) electrons. The number of benzene rings is 1. The molecule has 0 aliphatic heterocycles. The molecule has 0 aromatic heterocycles. The SMILES string of the molecule is C/C(S)=N/C(=N)c1ccccc1. The van der Waals surface area contributed by atoms with Crippen LogP contribution < -0.4 is 0 Å². The van der Waals surface area contributed by atoms with Crippen molar-refractivity contribution in [3.63, 3.8) is 0 Å². The second-order valence-corrected chi connectivity index (χ2v) is 3.02. The zero-order valence-corrected chi connectivity index (χ0v) is 7.68. The molecule has 0 amide bonds. The van der Waals surface area contributed by atoms with Crippen molar-refractivity contribution >= 4 is 23.5 Å². The minimum Gasteiger partial charge on any atom is -0.282 e. The van der Waals surface area contributed by atoms with Crippen LogP contribution in [-0.4, -0.2) is 10.9 Å². The highest BCUT2D eigenvalue weighted by Gasteiger charge is 1.96. The Labute approximate surface area is 77.3 Å². The highest BCUT2D eigenvalue weighted by Crippen LogP contribution is 2.01. The number of hydrogen-bond donors (Lipinski definition) is 2. The van der Waals surface area contributed by atoms with Crippen LogP contribution in [0, 0.1) is 5.41 Å². The Hall–Kier alpha value is -1.09. The van der Waals surface area contributed by atoms with Gasteiger partial charge in [-0.3, -0.25) is 5.41 Å². The molecule has 0 bridgehead atoms. The van der Waals surface area contributed by atoms with Crippen LogP contribution >= 0.6 is 12.6 Å². The van der Waals surface area contributed by atoms with E-state index in [-0.39, 0.29) is 5.84 Å². The van der Waals surface area contributed by atoms with Gasteiger partial charge in [-0.15, -0.1) is 12.6 Å². The second-order valence-electron chi connectivity index (χ2n) is 2.37. The smallest absolute Gasteiger partial charge is 0.152 e. The van der Waals surface area contributed by atoms with E-state index in [1.165, 1.54) is 0 Å². The van der Waals surface area contributed by atoms with Gasteiger partial charge >= 0.3 is 0 Å². The Morgan fingerprint density at radius 1 is 1.33 bits per heavy atom. The molecule has 0 saturated carbocycles. The quantitative estimate of drug-likeness (QED) is 0.376. The van der Waals surface area contributed by atoms with Gasteiger partial charge < -0.3 is 0 Å². The van der Waals surface area contributed by atoms with Gasteiger partial charge in [0, 0.05) is 5.56 Å². The first-order valence-electron chi connectivity index (χ1n) is 3.58. The first-order valence-corrected chi connectivity index (χ1v) is 4.03. The third kappa shape index (κ3) is 2.51. The zero-order valence-electron chi connectivity index (χ0n) is 6.78. The summed E-state index contributed by atoms with van der Waals surface area (Å²) < 4.78 is 0. The molecule has 0 aliphatic rings. The van der Waals surface area contributed by atoms with Gasteiger partial charge in [-0.2, -0.15) is 0 Å². The number of hydrogen-bond acceptors (Lipinski definition) is 1. The van der Waals surface area contributed by atoms with E-state index in [0.29, 0.717) is 5.04 Å². The topological polar surface area (TPSA) is 36.2 Å². The molecule has 0 heterocycles. The summed E-state index contributed by atoms with van der Waals surface area (Å²) in [6.45, 7) is 1.75. The van der Waals surface area contributed by atoms with Gasteiger partial charge in [-0.25, -0.2) is 4.99 Å². The summed E-state index contributed by atoms with van der Waals surface area (Å²) in [4.78, 5) is 3.91. The number of nitrogens with zero attached hydrogens (tertiary/aromatic N) is 1. The summed E-state index contributed by atoms with van der Waals surface area (Å²) in [7, 11) is 0. The largest absolute Gasteiger partial charge is 0.282 e. The summed E-state index contributed by atoms with van der Waals surface area (Å²) in [5.41, 5.74) is 0.811. The van der Waals surface area contributed by atoms with Crippen molar-refractivity contribution in [3.8, 4) is 0 Å². The molecule has 0 unspecified atom stereocenters. The van der Waals surface area contributed by atoms with E-state index in [9.17, 15) is 0 Å². The fraction of sp³-hybridized carbons (Fsp3) is 0.111. The predicted molar refractivity (Wildman–Crippen MR) is 55.4 cm³/mol. The predicted octanol–water partition coefficient (Wildman–Crippen LogP) is 2.36. The molecule has 3 heteroatoms. The third-order valence-electron chi connectivity index (χ3n) is 1.32. The zero-order chi connectivity index (χ0) is 8.97. The molecule has 0 spiro atoms. The number of nitrogens with one attached hydrogen (secondary N) is 1. The van der Waals surface area contributed by atoms with Crippen molar-refractivity contribution in [1.82, 2.24) is 0 Å². The summed E-state index contributed by atoms with van der Waals surface area (Å²) in [6.07, 6.45) is 0. The summed E-state index contributed by atoms with van der Waals surface area (Å²) in [5.74, 6) is 0.253. The van der Waals surface area contributed by atoms with Gasteiger partial charge in [0.05, 0.1) is 5.04 Å². The molecule has 1 N–H and O–H groups in total. The van der Waals surface area contributed by atoms with Gasteiger partial charge in [0.2, 0.25) is 0 Å². The van der Waals surface area contributed by atoms with Crippen LogP contribution in [0.15, 0.2) is 35.3 Å². The second kappa shape index (κ2) is 4.07. The van der Waals surface area contributed by atoms with Gasteiger partial charge in [-0.1, -0.05) is 30.3 Å². The standard InChI is InChI=1S/C9H10N2S/c1-7(12)11-9(10)8-5-3-2-4-6-8/h2-6H,1H3,(H2,10,11,12). The lowest BCUT2D eigenvalue weighted by atomic mass is 10.2. The maximum Gasteiger partial charge on any atom is 0.152 e. The van der Waals surface area contributed by atoms with E-state index in [1.807, 2.05) is 30.3 Å². The molecule has 0 atom stereocenters. The van der Waals surface area contributed by atoms with E-state index in [4.69, 9.17) is 5.41 Å². The van der Waals surface area contributed by atoms with Crippen molar-refractivity contribution < 1.29 is 0 Å². The molecule has 0 fully saturated rings. The minimum atomic E-state index is 0.253. The van der Waals surface area contributed by atoms with Crippen molar-refractivity contribution in [3.05, 3.63) is 35.9 Å². The highest BCUT2D eigenvalue weighted by molar-refractivity contribution is 7.96. The normalized spacial score (nSPS) is 11.3. The molecule has 1 aromatic rings. The van der Waals surface area contributed by atoms with E-state index >= 15 is 0 Å². The molecular weight excluding hydrogens is 168 g/mol. The Bertz CT molecular complexity index is 300. The Balaban J connectivity index is 2.87. The Kier molecular flexibility index (Phi) is 3.05. The summed E-state index contributed by atoms with van der Waals surface area (Å²) in [6, 6.07) is 9.37. The molecule has 0 aliphatic carbocycles. The van der Waals surface area contributed by atoms with Crippen LogP contribution in [0.2, 0.25) is 0 Å². The van der Waals surface area contributed by atoms with Crippen LogP contribution in [0.1, 0.15) is 12.5 Å². The monoisotopic (exact) mass is 178 g/mol. The van der Waals surface area contributed by atoms with Crippen LogP contribution in [0.4, 0.5) is 0 Å². The van der Waals surface area contributed by atoms with Gasteiger partial charge in [0.1, 0.15) is 0 Å². The molecule has 2 nitrogen and oxygen atoms in total. The van der Waals surface area contributed by atoms with Crippen LogP contribution in [0.25, 0.3) is 0 Å². The summed E-state index contributed by atoms with van der Waals surface area (Å²) in [5, 5.41) is 8.12. The molecule has 1 aromatic carbocycles. The number of amidine groups is 1. The Morgan fingerprint density at radius 2 is 1.92 bits per heavy atom. The minimum absolute atomic E-state index is 0.253. The van der Waals surface area contributed by atoms with Crippen molar-refractivity contribution in [2.75, 3.05) is 0 Å². The maximum atomic E-state index is 7.52. The van der Waals surface area contributed by atoms with Gasteiger partial charge in [0.15, 0.2) is 5.84 Å². The fourth-order valence-electron chi connectivity index (χ4n) is 0.822. The molecule has 12 heavy (non-hydrogen) atoms. The average Bonchev–Trinajstić information content (AvgIpc) is 2.05. The number of rotatable bonds is 1. The van der Waals surface area contributed by atoms with Crippen LogP contribution in [0.3, 0.4) is 0 Å². The maximum absolute atomic E-state index is 7.52.